The minimum absolute atomic E-state index is 0. The highest BCUT2D eigenvalue weighted by atomic mass is 127. The number of guanidine groups is 1. The second-order valence-corrected chi connectivity index (χ2v) is 8.47. The van der Waals surface area contributed by atoms with E-state index < -0.39 is 0 Å². The molecule has 5 nitrogen and oxygen atoms in total. The van der Waals surface area contributed by atoms with Gasteiger partial charge in [0, 0.05) is 48.8 Å². The lowest BCUT2D eigenvalue weighted by Gasteiger charge is -2.47. The van der Waals surface area contributed by atoms with Crippen molar-refractivity contribution in [3.8, 4) is 0 Å². The summed E-state index contributed by atoms with van der Waals surface area (Å²) in [5.41, 5.74) is 4.06. The summed E-state index contributed by atoms with van der Waals surface area (Å²) in [5, 5.41) is 8.59. The van der Waals surface area contributed by atoms with Crippen molar-refractivity contribution >= 4 is 40.8 Å². The van der Waals surface area contributed by atoms with Crippen LogP contribution >= 0.6 is 24.0 Å². The first-order valence-corrected chi connectivity index (χ1v) is 11.0. The molecule has 2 fully saturated rings. The minimum atomic E-state index is 0. The molecule has 0 radical (unpaired) electrons. The van der Waals surface area contributed by atoms with Gasteiger partial charge in [0.15, 0.2) is 5.96 Å². The maximum absolute atomic E-state index is 4.48. The first kappa shape index (κ1) is 22.4. The first-order valence-electron chi connectivity index (χ1n) is 11.0. The van der Waals surface area contributed by atoms with E-state index in [1.807, 2.05) is 7.05 Å². The molecule has 29 heavy (non-hydrogen) atoms. The topological polar surface area (TPSA) is 55.5 Å². The van der Waals surface area contributed by atoms with E-state index >= 15 is 0 Å². The van der Waals surface area contributed by atoms with Gasteiger partial charge in [-0.3, -0.25) is 4.99 Å². The second kappa shape index (κ2) is 10.2. The molecule has 4 rings (SSSR count). The fraction of sp³-hybridized carbons (Fsp3) is 0.609. The summed E-state index contributed by atoms with van der Waals surface area (Å²) in [5.74, 6) is 0.946. The number of aromatic nitrogens is 1. The number of para-hydroxylation sites is 1. The minimum Gasteiger partial charge on any atom is -0.361 e. The van der Waals surface area contributed by atoms with E-state index in [0.717, 1.165) is 37.4 Å². The van der Waals surface area contributed by atoms with Crippen molar-refractivity contribution < 1.29 is 0 Å². The molecule has 2 atom stereocenters. The quantitative estimate of drug-likeness (QED) is 0.324. The van der Waals surface area contributed by atoms with E-state index in [1.54, 1.807) is 0 Å². The van der Waals surface area contributed by atoms with Crippen molar-refractivity contribution in [2.75, 3.05) is 20.6 Å². The van der Waals surface area contributed by atoms with Gasteiger partial charge in [0.2, 0.25) is 0 Å². The number of aryl methyl sites for hydroxylation is 1. The fourth-order valence-electron chi connectivity index (χ4n) is 5.21. The number of aromatic amines is 1. The van der Waals surface area contributed by atoms with Crippen molar-refractivity contribution in [3.63, 3.8) is 0 Å². The number of hydrogen-bond acceptors (Lipinski definition) is 2. The molecule has 6 heteroatoms. The molecular weight excluding hydrogens is 473 g/mol. The van der Waals surface area contributed by atoms with Gasteiger partial charge in [0.05, 0.1) is 0 Å². The molecule has 2 unspecified atom stereocenters. The van der Waals surface area contributed by atoms with Crippen molar-refractivity contribution in [1.82, 2.24) is 20.5 Å². The van der Waals surface area contributed by atoms with Crippen molar-refractivity contribution in [2.45, 2.75) is 70.0 Å². The number of rotatable bonds is 5. The lowest BCUT2D eigenvalue weighted by Crippen LogP contribution is -2.56. The second-order valence-electron chi connectivity index (χ2n) is 8.47. The maximum Gasteiger partial charge on any atom is 0.191 e. The molecule has 160 valence electrons. The highest BCUT2D eigenvalue weighted by molar-refractivity contribution is 14.0. The SMILES string of the molecule is CCc1cccc2c(CCNC(=NC)NC3CC4CCCC(C3)N4C)c[nH]c12.I. The molecule has 2 aliphatic heterocycles. The Balaban J connectivity index is 0.00000240. The van der Waals surface area contributed by atoms with E-state index in [1.165, 1.54) is 54.1 Å². The Labute approximate surface area is 192 Å². The monoisotopic (exact) mass is 509 g/mol. The van der Waals surface area contributed by atoms with Gasteiger partial charge in [-0.1, -0.05) is 31.5 Å². The molecule has 1 aromatic heterocycles. The van der Waals surface area contributed by atoms with Crippen molar-refractivity contribution in [3.05, 3.63) is 35.5 Å². The third-order valence-corrected chi connectivity index (χ3v) is 6.86. The molecule has 0 saturated carbocycles. The smallest absolute Gasteiger partial charge is 0.191 e. The Morgan fingerprint density at radius 1 is 1.21 bits per heavy atom. The third kappa shape index (κ3) is 4.90. The number of nitrogens with zero attached hydrogens (tertiary/aromatic N) is 2. The van der Waals surface area contributed by atoms with Crippen LogP contribution in [0.2, 0.25) is 0 Å². The summed E-state index contributed by atoms with van der Waals surface area (Å²) in [7, 11) is 4.19. The van der Waals surface area contributed by atoms with Gasteiger partial charge in [-0.05, 0) is 56.7 Å². The van der Waals surface area contributed by atoms with Gasteiger partial charge in [-0.25, -0.2) is 0 Å². The van der Waals surface area contributed by atoms with E-state index in [0.29, 0.717) is 6.04 Å². The number of hydrogen-bond donors (Lipinski definition) is 3. The van der Waals surface area contributed by atoms with Crippen LogP contribution in [0.25, 0.3) is 10.9 Å². The number of aliphatic imine (C=N–C) groups is 1. The Bertz CT molecular complexity index is 816. The third-order valence-electron chi connectivity index (χ3n) is 6.86. The van der Waals surface area contributed by atoms with Gasteiger partial charge in [-0.15, -0.1) is 24.0 Å². The van der Waals surface area contributed by atoms with E-state index in [4.69, 9.17) is 0 Å². The lowest BCUT2D eigenvalue weighted by atomic mass is 9.82. The standard InChI is InChI=1S/C23H35N5.HI/c1-4-16-7-5-10-21-17(15-26-22(16)21)11-12-25-23(24-2)27-18-13-19-8-6-9-20(14-18)28(19)3;/h5,7,10,15,18-20,26H,4,6,8-9,11-14H2,1-3H3,(H2,24,25,27);1H. The Kier molecular flexibility index (Phi) is 7.85. The number of piperidine rings is 2. The van der Waals surface area contributed by atoms with Crippen LogP contribution in [0.5, 0.6) is 0 Å². The molecule has 0 spiro atoms. The zero-order valence-electron chi connectivity index (χ0n) is 18.0. The Morgan fingerprint density at radius 2 is 1.97 bits per heavy atom. The highest BCUT2D eigenvalue weighted by Crippen LogP contribution is 2.32. The Hall–Kier alpha value is -1.28. The van der Waals surface area contributed by atoms with Gasteiger partial charge in [-0.2, -0.15) is 0 Å². The highest BCUT2D eigenvalue weighted by Gasteiger charge is 2.36. The fourth-order valence-corrected chi connectivity index (χ4v) is 5.21. The van der Waals surface area contributed by atoms with E-state index in [9.17, 15) is 0 Å². The summed E-state index contributed by atoms with van der Waals surface area (Å²) in [6.07, 6.45) is 10.8. The van der Waals surface area contributed by atoms with Gasteiger partial charge < -0.3 is 20.5 Å². The molecule has 0 aliphatic carbocycles. The summed E-state index contributed by atoms with van der Waals surface area (Å²) in [4.78, 5) is 10.6. The van der Waals surface area contributed by atoms with Crippen LogP contribution in [0, 0.1) is 0 Å². The predicted molar refractivity (Wildman–Crippen MR) is 134 cm³/mol. The maximum atomic E-state index is 4.48. The predicted octanol–water partition coefficient (Wildman–Crippen LogP) is 4.07. The zero-order chi connectivity index (χ0) is 19.5. The first-order chi connectivity index (χ1) is 13.7. The molecule has 2 aliphatic rings. The zero-order valence-corrected chi connectivity index (χ0v) is 20.3. The molecule has 0 amide bonds. The van der Waals surface area contributed by atoms with Gasteiger partial charge >= 0.3 is 0 Å². The summed E-state index contributed by atoms with van der Waals surface area (Å²) < 4.78 is 0. The summed E-state index contributed by atoms with van der Waals surface area (Å²) >= 11 is 0. The van der Waals surface area contributed by atoms with E-state index in [-0.39, 0.29) is 24.0 Å². The average molecular weight is 509 g/mol. The average Bonchev–Trinajstić information content (AvgIpc) is 3.11. The van der Waals surface area contributed by atoms with Crippen molar-refractivity contribution in [2.24, 2.45) is 4.99 Å². The summed E-state index contributed by atoms with van der Waals surface area (Å²) in [6, 6.07) is 8.62. The van der Waals surface area contributed by atoms with Crippen LogP contribution in [0.15, 0.2) is 29.4 Å². The Morgan fingerprint density at radius 3 is 2.66 bits per heavy atom. The van der Waals surface area contributed by atoms with Crippen LogP contribution in [0.1, 0.15) is 50.2 Å². The molecule has 2 bridgehead atoms. The normalized spacial score (nSPS) is 24.9. The molecule has 3 N–H and O–H groups in total. The van der Waals surface area contributed by atoms with Gasteiger partial charge in [0.25, 0.3) is 0 Å². The number of fused-ring (bicyclic) bond motifs is 3. The molecule has 3 heterocycles. The van der Waals surface area contributed by atoms with E-state index in [2.05, 4.69) is 63.9 Å². The number of halogens is 1. The van der Waals surface area contributed by atoms with Crippen LogP contribution in [-0.2, 0) is 12.8 Å². The summed E-state index contributed by atoms with van der Waals surface area (Å²) in [6.45, 7) is 3.10. The number of nitrogens with one attached hydrogen (secondary N) is 3. The molecular formula is C23H36IN5. The van der Waals surface area contributed by atoms with Crippen LogP contribution in [0.3, 0.4) is 0 Å². The lowest BCUT2D eigenvalue weighted by molar-refractivity contribution is 0.0526. The van der Waals surface area contributed by atoms with Crippen LogP contribution < -0.4 is 10.6 Å². The number of benzene rings is 1. The molecule has 2 saturated heterocycles. The van der Waals surface area contributed by atoms with Crippen LogP contribution in [0.4, 0.5) is 0 Å². The molecule has 1 aromatic carbocycles. The van der Waals surface area contributed by atoms with Gasteiger partial charge in [0.1, 0.15) is 0 Å². The van der Waals surface area contributed by atoms with Crippen molar-refractivity contribution in [1.29, 1.82) is 0 Å². The largest absolute Gasteiger partial charge is 0.361 e. The number of H-pyrrole nitrogens is 1. The molecule has 2 aromatic rings. The van der Waals surface area contributed by atoms with Crippen LogP contribution in [-0.4, -0.2) is 54.6 Å².